The molecule has 0 unspecified atom stereocenters. The van der Waals surface area contributed by atoms with Gasteiger partial charge >= 0.3 is 0 Å². The molecule has 74 valence electrons. The molecule has 0 aliphatic rings. The molecule has 0 saturated heterocycles. The van der Waals surface area contributed by atoms with Crippen LogP contribution in [-0.2, 0) is 6.54 Å². The molecule has 2 aromatic rings. The van der Waals surface area contributed by atoms with Crippen LogP contribution in [0.15, 0.2) is 23.0 Å². The fraction of sp³-hybridized carbons (Fsp3) is 0.300. The number of nitrogens with one attached hydrogen (secondary N) is 2. The number of aromatic nitrogens is 2. The molecule has 0 radical (unpaired) electrons. The van der Waals surface area contributed by atoms with Gasteiger partial charge in [0.05, 0.1) is 0 Å². The molecular formula is C10H13N3S. The fourth-order valence-corrected chi connectivity index (χ4v) is 1.90. The van der Waals surface area contributed by atoms with Crippen molar-refractivity contribution in [1.82, 2.24) is 15.3 Å². The lowest BCUT2D eigenvalue weighted by atomic mass is 10.3. The number of H-pyrrole nitrogens is 1. The number of aromatic amines is 1. The summed E-state index contributed by atoms with van der Waals surface area (Å²) in [5, 5.41) is 7.40. The van der Waals surface area contributed by atoms with Gasteiger partial charge < -0.3 is 10.3 Å². The van der Waals surface area contributed by atoms with Gasteiger partial charge in [-0.3, -0.25) is 0 Å². The topological polar surface area (TPSA) is 40.7 Å². The predicted octanol–water partition coefficient (Wildman–Crippen LogP) is 2.25. The average molecular weight is 207 g/mol. The van der Waals surface area contributed by atoms with Crippen LogP contribution < -0.4 is 5.32 Å². The minimum absolute atomic E-state index is 0.855. The van der Waals surface area contributed by atoms with Crippen LogP contribution in [0.1, 0.15) is 12.6 Å². The molecule has 0 amide bonds. The van der Waals surface area contributed by atoms with Crippen molar-refractivity contribution < 1.29 is 0 Å². The van der Waals surface area contributed by atoms with Crippen LogP contribution in [0.3, 0.4) is 0 Å². The van der Waals surface area contributed by atoms with Crippen LogP contribution in [0.4, 0.5) is 0 Å². The van der Waals surface area contributed by atoms with E-state index in [0.717, 1.165) is 30.2 Å². The lowest BCUT2D eigenvalue weighted by Gasteiger charge is -1.96. The normalized spacial score (nSPS) is 10.6. The van der Waals surface area contributed by atoms with Gasteiger partial charge in [0.25, 0.3) is 0 Å². The lowest BCUT2D eigenvalue weighted by Crippen LogP contribution is -2.11. The third kappa shape index (κ3) is 2.02. The summed E-state index contributed by atoms with van der Waals surface area (Å²) in [6.45, 7) is 3.93. The summed E-state index contributed by atoms with van der Waals surface area (Å²) in [7, 11) is 0. The van der Waals surface area contributed by atoms with Crippen molar-refractivity contribution in [3.63, 3.8) is 0 Å². The van der Waals surface area contributed by atoms with Gasteiger partial charge in [-0.05, 0) is 18.0 Å². The zero-order valence-electron chi connectivity index (χ0n) is 8.08. The van der Waals surface area contributed by atoms with Crippen molar-refractivity contribution in [3.8, 4) is 11.4 Å². The van der Waals surface area contributed by atoms with E-state index in [0.29, 0.717) is 0 Å². The highest BCUT2D eigenvalue weighted by Gasteiger charge is 2.02. The first-order valence-corrected chi connectivity index (χ1v) is 5.61. The van der Waals surface area contributed by atoms with E-state index in [1.807, 2.05) is 6.20 Å². The standard InChI is InChI=1S/C10H13N3S/c1-2-11-5-9-6-12-10(13-9)8-3-4-14-7-8/h3-4,6-7,11H,2,5H2,1H3,(H,12,13). The van der Waals surface area contributed by atoms with E-state index in [4.69, 9.17) is 0 Å². The van der Waals surface area contributed by atoms with Crippen molar-refractivity contribution in [3.05, 3.63) is 28.7 Å². The molecule has 0 bridgehead atoms. The zero-order valence-corrected chi connectivity index (χ0v) is 8.90. The third-order valence-corrected chi connectivity index (χ3v) is 2.67. The molecule has 2 rings (SSSR count). The van der Waals surface area contributed by atoms with Crippen LogP contribution in [-0.4, -0.2) is 16.5 Å². The van der Waals surface area contributed by atoms with Crippen molar-refractivity contribution in [2.75, 3.05) is 6.54 Å². The summed E-state index contributed by atoms with van der Waals surface area (Å²) in [4.78, 5) is 7.61. The molecule has 0 saturated carbocycles. The molecule has 0 spiro atoms. The van der Waals surface area contributed by atoms with Crippen LogP contribution in [0.2, 0.25) is 0 Å². The fourth-order valence-electron chi connectivity index (χ4n) is 1.25. The molecule has 0 atom stereocenters. The zero-order chi connectivity index (χ0) is 9.80. The first-order valence-electron chi connectivity index (χ1n) is 4.67. The van der Waals surface area contributed by atoms with Crippen molar-refractivity contribution in [2.45, 2.75) is 13.5 Å². The van der Waals surface area contributed by atoms with E-state index in [2.05, 4.69) is 39.0 Å². The van der Waals surface area contributed by atoms with E-state index in [1.165, 1.54) is 0 Å². The van der Waals surface area contributed by atoms with Gasteiger partial charge in [-0.15, -0.1) is 0 Å². The third-order valence-electron chi connectivity index (χ3n) is 1.99. The van der Waals surface area contributed by atoms with Gasteiger partial charge in [0.2, 0.25) is 0 Å². The highest BCUT2D eigenvalue weighted by molar-refractivity contribution is 7.08. The minimum atomic E-state index is 0.855. The quantitative estimate of drug-likeness (QED) is 0.807. The largest absolute Gasteiger partial charge is 0.341 e. The Hall–Kier alpha value is -1.13. The number of nitrogens with zero attached hydrogens (tertiary/aromatic N) is 1. The molecule has 0 aromatic carbocycles. The second-order valence-electron chi connectivity index (χ2n) is 3.05. The van der Waals surface area contributed by atoms with E-state index in [1.54, 1.807) is 11.3 Å². The van der Waals surface area contributed by atoms with Gasteiger partial charge in [0.1, 0.15) is 5.82 Å². The molecule has 0 fully saturated rings. The highest BCUT2D eigenvalue weighted by atomic mass is 32.1. The van der Waals surface area contributed by atoms with Gasteiger partial charge in [-0.1, -0.05) is 6.92 Å². The predicted molar refractivity (Wildman–Crippen MR) is 59.3 cm³/mol. The summed E-state index contributed by atoms with van der Waals surface area (Å²) in [5.74, 6) is 0.958. The number of hydrogen-bond acceptors (Lipinski definition) is 3. The Morgan fingerprint density at radius 2 is 2.50 bits per heavy atom. The Balaban J connectivity index is 2.10. The first kappa shape index (κ1) is 9.43. The maximum Gasteiger partial charge on any atom is 0.138 e. The second kappa shape index (κ2) is 4.39. The minimum Gasteiger partial charge on any atom is -0.341 e. The van der Waals surface area contributed by atoms with E-state index < -0.39 is 0 Å². The smallest absolute Gasteiger partial charge is 0.138 e. The summed E-state index contributed by atoms with van der Waals surface area (Å²) in [6.07, 6.45) is 1.88. The maximum atomic E-state index is 4.32. The van der Waals surface area contributed by atoms with Gasteiger partial charge in [-0.25, -0.2) is 4.98 Å². The number of thiophene rings is 1. The molecule has 0 aliphatic heterocycles. The Morgan fingerprint density at radius 1 is 1.57 bits per heavy atom. The van der Waals surface area contributed by atoms with Crippen LogP contribution >= 0.6 is 11.3 Å². The van der Waals surface area contributed by atoms with Crippen LogP contribution in [0, 0.1) is 0 Å². The van der Waals surface area contributed by atoms with Gasteiger partial charge in [-0.2, -0.15) is 11.3 Å². The van der Waals surface area contributed by atoms with Gasteiger partial charge in [0, 0.05) is 29.4 Å². The molecule has 2 N–H and O–H groups in total. The molecule has 14 heavy (non-hydrogen) atoms. The first-order chi connectivity index (χ1) is 6.90. The van der Waals surface area contributed by atoms with E-state index >= 15 is 0 Å². The highest BCUT2D eigenvalue weighted by Crippen LogP contribution is 2.18. The average Bonchev–Trinajstić information content (AvgIpc) is 2.85. The second-order valence-corrected chi connectivity index (χ2v) is 3.83. The summed E-state index contributed by atoms with van der Waals surface area (Å²) in [5.41, 5.74) is 2.30. The van der Waals surface area contributed by atoms with Crippen LogP contribution in [0.5, 0.6) is 0 Å². The molecule has 2 aromatic heterocycles. The van der Waals surface area contributed by atoms with E-state index in [9.17, 15) is 0 Å². The Labute approximate surface area is 87.2 Å². The lowest BCUT2D eigenvalue weighted by molar-refractivity contribution is 0.714. The van der Waals surface area contributed by atoms with Crippen molar-refractivity contribution in [1.29, 1.82) is 0 Å². The monoisotopic (exact) mass is 207 g/mol. The summed E-state index contributed by atoms with van der Waals surface area (Å²) < 4.78 is 0. The number of hydrogen-bond donors (Lipinski definition) is 2. The number of rotatable bonds is 4. The molecule has 3 nitrogen and oxygen atoms in total. The molecule has 2 heterocycles. The van der Waals surface area contributed by atoms with Gasteiger partial charge in [0.15, 0.2) is 0 Å². The number of imidazole rings is 1. The van der Waals surface area contributed by atoms with E-state index in [-0.39, 0.29) is 0 Å². The van der Waals surface area contributed by atoms with Crippen LogP contribution in [0.25, 0.3) is 11.4 Å². The maximum absolute atomic E-state index is 4.32. The summed E-state index contributed by atoms with van der Waals surface area (Å²) in [6, 6.07) is 2.07. The Morgan fingerprint density at radius 3 is 3.21 bits per heavy atom. The SMILES string of the molecule is CCNCc1cnc(-c2ccsc2)[nH]1. The Kier molecular flexibility index (Phi) is 2.96. The van der Waals surface area contributed by atoms with Crippen molar-refractivity contribution >= 4 is 11.3 Å². The Bertz CT molecular complexity index is 378. The molecule has 4 heteroatoms. The van der Waals surface area contributed by atoms with Crippen molar-refractivity contribution in [2.24, 2.45) is 0 Å². The summed E-state index contributed by atoms with van der Waals surface area (Å²) >= 11 is 1.69. The molecule has 0 aliphatic carbocycles. The molecular weight excluding hydrogens is 194 g/mol.